The number of hydrogen-bond donors (Lipinski definition) is 3. The fraction of sp³-hybridized carbons (Fsp3) is 0.423. The summed E-state index contributed by atoms with van der Waals surface area (Å²) in [6, 6.07) is 14.6. The van der Waals surface area contributed by atoms with Crippen molar-refractivity contribution < 1.29 is 24.2 Å². The number of aliphatic hydroxyl groups excluding tert-OH is 1. The standard InChI is InChI=1S/C26H33N3O5/c1-17-10-12-18(13-11-17)15-27-23(31)21-14-19(30)16-29(21)24(32)22(26(2,3)4)28-25(33)34-20-8-6-5-7-9-20/h5-13,19,21-22,30H,14-16H2,1-4H3,(H,27,31)(H,28,33)/t19-,21+,22-/m1/s1. The van der Waals surface area contributed by atoms with Gasteiger partial charge in [-0.25, -0.2) is 4.79 Å². The summed E-state index contributed by atoms with van der Waals surface area (Å²) in [7, 11) is 0. The molecule has 1 heterocycles. The highest BCUT2D eigenvalue weighted by molar-refractivity contribution is 5.92. The second-order valence-electron chi connectivity index (χ2n) is 9.75. The Morgan fingerprint density at radius 3 is 2.35 bits per heavy atom. The summed E-state index contributed by atoms with van der Waals surface area (Å²) >= 11 is 0. The average Bonchev–Trinajstić information content (AvgIpc) is 3.18. The van der Waals surface area contributed by atoms with Crippen LogP contribution in [-0.2, 0) is 16.1 Å². The molecule has 0 radical (unpaired) electrons. The van der Waals surface area contributed by atoms with Crippen LogP contribution in [0.15, 0.2) is 54.6 Å². The normalized spacial score (nSPS) is 18.8. The molecule has 34 heavy (non-hydrogen) atoms. The Bertz CT molecular complexity index is 1000. The lowest BCUT2D eigenvalue weighted by molar-refractivity contribution is -0.142. The van der Waals surface area contributed by atoms with Gasteiger partial charge < -0.3 is 25.4 Å². The molecule has 182 valence electrons. The van der Waals surface area contributed by atoms with E-state index in [4.69, 9.17) is 4.74 Å². The molecule has 1 aliphatic heterocycles. The van der Waals surface area contributed by atoms with E-state index in [2.05, 4.69) is 10.6 Å². The van der Waals surface area contributed by atoms with Crippen LogP contribution in [-0.4, -0.2) is 52.6 Å². The third kappa shape index (κ3) is 6.57. The summed E-state index contributed by atoms with van der Waals surface area (Å²) in [5, 5.41) is 15.8. The van der Waals surface area contributed by atoms with Gasteiger partial charge in [0.25, 0.3) is 0 Å². The third-order valence-electron chi connectivity index (χ3n) is 5.78. The van der Waals surface area contributed by atoms with Gasteiger partial charge in [0.2, 0.25) is 11.8 Å². The molecular weight excluding hydrogens is 434 g/mol. The summed E-state index contributed by atoms with van der Waals surface area (Å²) in [5.41, 5.74) is 1.40. The maximum Gasteiger partial charge on any atom is 0.413 e. The van der Waals surface area contributed by atoms with E-state index in [0.717, 1.165) is 11.1 Å². The minimum absolute atomic E-state index is 0.0173. The van der Waals surface area contributed by atoms with E-state index in [-0.39, 0.29) is 18.9 Å². The van der Waals surface area contributed by atoms with Crippen molar-refractivity contribution in [3.05, 3.63) is 65.7 Å². The molecule has 2 aromatic carbocycles. The van der Waals surface area contributed by atoms with Gasteiger partial charge in [0.05, 0.1) is 6.10 Å². The van der Waals surface area contributed by atoms with Gasteiger partial charge in [-0.2, -0.15) is 0 Å². The van der Waals surface area contributed by atoms with Gasteiger partial charge in [-0.15, -0.1) is 0 Å². The predicted octanol–water partition coefficient (Wildman–Crippen LogP) is 2.78. The molecule has 8 nitrogen and oxygen atoms in total. The third-order valence-corrected chi connectivity index (χ3v) is 5.78. The Balaban J connectivity index is 1.69. The number of carbonyl (C=O) groups excluding carboxylic acids is 3. The van der Waals surface area contributed by atoms with E-state index in [1.165, 1.54) is 4.90 Å². The lowest BCUT2D eigenvalue weighted by Crippen LogP contribution is -2.58. The van der Waals surface area contributed by atoms with Crippen LogP contribution >= 0.6 is 0 Å². The van der Waals surface area contributed by atoms with Crippen molar-refractivity contribution in [2.75, 3.05) is 6.54 Å². The van der Waals surface area contributed by atoms with Crippen molar-refractivity contribution in [3.8, 4) is 5.75 Å². The molecule has 0 unspecified atom stereocenters. The zero-order valence-corrected chi connectivity index (χ0v) is 20.1. The molecule has 0 saturated carbocycles. The van der Waals surface area contributed by atoms with Gasteiger partial charge in [0.1, 0.15) is 17.8 Å². The second kappa shape index (κ2) is 10.7. The number of nitrogens with zero attached hydrogens (tertiary/aromatic N) is 1. The van der Waals surface area contributed by atoms with Crippen molar-refractivity contribution in [3.63, 3.8) is 0 Å². The van der Waals surface area contributed by atoms with Crippen molar-refractivity contribution in [1.82, 2.24) is 15.5 Å². The van der Waals surface area contributed by atoms with Crippen molar-refractivity contribution >= 4 is 17.9 Å². The van der Waals surface area contributed by atoms with Gasteiger partial charge in [-0.1, -0.05) is 68.8 Å². The first kappa shape index (κ1) is 25.2. The van der Waals surface area contributed by atoms with E-state index in [1.54, 1.807) is 30.3 Å². The number of aliphatic hydroxyl groups is 1. The van der Waals surface area contributed by atoms with Crippen LogP contribution in [0, 0.1) is 12.3 Å². The molecule has 2 aromatic rings. The van der Waals surface area contributed by atoms with Gasteiger partial charge >= 0.3 is 6.09 Å². The second-order valence-corrected chi connectivity index (χ2v) is 9.75. The summed E-state index contributed by atoms with van der Waals surface area (Å²) in [5.74, 6) is -0.431. The minimum Gasteiger partial charge on any atom is -0.410 e. The maximum atomic E-state index is 13.5. The lowest BCUT2D eigenvalue weighted by atomic mass is 9.85. The smallest absolute Gasteiger partial charge is 0.410 e. The summed E-state index contributed by atoms with van der Waals surface area (Å²) in [6.45, 7) is 7.77. The Morgan fingerprint density at radius 1 is 1.09 bits per heavy atom. The number of amides is 3. The molecule has 0 bridgehead atoms. The van der Waals surface area contributed by atoms with E-state index in [9.17, 15) is 19.5 Å². The van der Waals surface area contributed by atoms with Crippen LogP contribution in [0.2, 0.25) is 0 Å². The monoisotopic (exact) mass is 467 g/mol. The summed E-state index contributed by atoms with van der Waals surface area (Å²) in [6.07, 6.45) is -1.45. The number of hydrogen-bond acceptors (Lipinski definition) is 5. The van der Waals surface area contributed by atoms with Crippen molar-refractivity contribution in [2.24, 2.45) is 5.41 Å². The van der Waals surface area contributed by atoms with Crippen LogP contribution in [0.25, 0.3) is 0 Å². The zero-order chi connectivity index (χ0) is 24.9. The average molecular weight is 468 g/mol. The molecule has 8 heteroatoms. The Morgan fingerprint density at radius 2 is 1.74 bits per heavy atom. The number of ether oxygens (including phenoxy) is 1. The lowest BCUT2D eigenvalue weighted by Gasteiger charge is -2.35. The highest BCUT2D eigenvalue weighted by Gasteiger charge is 2.44. The fourth-order valence-electron chi connectivity index (χ4n) is 3.88. The van der Waals surface area contributed by atoms with Crippen molar-refractivity contribution in [2.45, 2.75) is 58.8 Å². The minimum atomic E-state index is -0.957. The van der Waals surface area contributed by atoms with Crippen molar-refractivity contribution in [1.29, 1.82) is 0 Å². The first-order valence-electron chi connectivity index (χ1n) is 11.4. The molecule has 3 N–H and O–H groups in total. The van der Waals surface area contributed by atoms with E-state index < -0.39 is 35.6 Å². The van der Waals surface area contributed by atoms with E-state index in [1.807, 2.05) is 52.0 Å². The SMILES string of the molecule is Cc1ccc(CNC(=O)[C@@H]2C[C@@H](O)CN2C(=O)[C@@H](NC(=O)Oc2ccccc2)C(C)(C)C)cc1. The molecular formula is C26H33N3O5. The number of carbonyl (C=O) groups is 3. The van der Waals surface area contributed by atoms with E-state index in [0.29, 0.717) is 12.3 Å². The summed E-state index contributed by atoms with van der Waals surface area (Å²) in [4.78, 5) is 40.3. The Hall–Kier alpha value is -3.39. The number of β-amino-alcohol motifs (C(OH)–C–C–N with tert-alkyl or cyclic N) is 1. The first-order chi connectivity index (χ1) is 16.0. The number of likely N-dealkylation sites (tertiary alicyclic amines) is 1. The molecule has 3 atom stereocenters. The topological polar surface area (TPSA) is 108 Å². The predicted molar refractivity (Wildman–Crippen MR) is 128 cm³/mol. The van der Waals surface area contributed by atoms with E-state index >= 15 is 0 Å². The first-order valence-corrected chi connectivity index (χ1v) is 11.4. The molecule has 3 rings (SSSR count). The summed E-state index contributed by atoms with van der Waals surface area (Å²) < 4.78 is 5.29. The molecule has 1 aliphatic rings. The zero-order valence-electron chi connectivity index (χ0n) is 20.1. The number of rotatable bonds is 6. The Kier molecular flexibility index (Phi) is 7.94. The number of aryl methyl sites for hydroxylation is 1. The van der Waals surface area contributed by atoms with Crippen LogP contribution in [0.1, 0.15) is 38.3 Å². The highest BCUT2D eigenvalue weighted by atomic mass is 16.6. The molecule has 0 aliphatic carbocycles. The largest absolute Gasteiger partial charge is 0.413 e. The van der Waals surface area contributed by atoms with Gasteiger partial charge in [-0.05, 0) is 30.0 Å². The van der Waals surface area contributed by atoms with Crippen LogP contribution in [0.3, 0.4) is 0 Å². The Labute approximate surface area is 200 Å². The van der Waals surface area contributed by atoms with Gasteiger partial charge in [-0.3, -0.25) is 9.59 Å². The molecule has 1 fully saturated rings. The highest BCUT2D eigenvalue weighted by Crippen LogP contribution is 2.26. The van der Waals surface area contributed by atoms with Gasteiger partial charge in [0, 0.05) is 19.5 Å². The molecule has 0 aromatic heterocycles. The maximum absolute atomic E-state index is 13.5. The number of benzene rings is 2. The van der Waals surface area contributed by atoms with Crippen LogP contribution < -0.4 is 15.4 Å². The van der Waals surface area contributed by atoms with Gasteiger partial charge in [0.15, 0.2) is 0 Å². The van der Waals surface area contributed by atoms with Crippen LogP contribution in [0.5, 0.6) is 5.75 Å². The number of nitrogens with one attached hydrogen (secondary N) is 2. The fourth-order valence-corrected chi connectivity index (χ4v) is 3.88. The quantitative estimate of drug-likeness (QED) is 0.606. The number of para-hydroxylation sites is 1. The van der Waals surface area contributed by atoms with Crippen LogP contribution in [0.4, 0.5) is 4.79 Å². The molecule has 3 amide bonds. The molecule has 0 spiro atoms. The molecule has 1 saturated heterocycles.